The Bertz CT molecular complexity index is 893. The molecule has 1 fully saturated rings. The predicted octanol–water partition coefficient (Wildman–Crippen LogP) is 3.69. The summed E-state index contributed by atoms with van der Waals surface area (Å²) in [5.74, 6) is 0.853. The van der Waals surface area contributed by atoms with E-state index >= 15 is 0 Å². The lowest BCUT2D eigenvalue weighted by atomic mass is 10.2. The van der Waals surface area contributed by atoms with Gasteiger partial charge in [-0.05, 0) is 54.6 Å². The molecule has 0 unspecified atom stereocenters. The highest BCUT2D eigenvalue weighted by atomic mass is 32.2. The Kier molecular flexibility index (Phi) is 5.48. The van der Waals surface area contributed by atoms with Crippen LogP contribution in [0.15, 0.2) is 52.4 Å². The van der Waals surface area contributed by atoms with Gasteiger partial charge in [-0.2, -0.15) is 0 Å². The third-order valence-electron chi connectivity index (χ3n) is 3.54. The number of amidine groups is 1. The number of benzene rings is 2. The van der Waals surface area contributed by atoms with Crippen molar-refractivity contribution in [3.63, 3.8) is 0 Å². The van der Waals surface area contributed by atoms with Crippen LogP contribution in [0, 0.1) is 0 Å². The maximum Gasteiger partial charge on any atom is 0.264 e. The number of phenolic OH excluding ortho intramolecular Hbond substituents is 1. The maximum atomic E-state index is 12.2. The minimum atomic E-state index is -0.227. The van der Waals surface area contributed by atoms with Gasteiger partial charge in [0.2, 0.25) is 0 Å². The van der Waals surface area contributed by atoms with E-state index in [4.69, 9.17) is 9.47 Å². The first-order valence-electron chi connectivity index (χ1n) is 7.99. The first kappa shape index (κ1) is 17.9. The van der Waals surface area contributed by atoms with Crippen LogP contribution in [0.1, 0.15) is 12.5 Å². The number of carbonyl (C=O) groups is 1. The average Bonchev–Trinajstić information content (AvgIpc) is 2.97. The van der Waals surface area contributed by atoms with Crippen LogP contribution >= 0.6 is 11.8 Å². The first-order chi connectivity index (χ1) is 12.6. The molecule has 7 heteroatoms. The lowest BCUT2D eigenvalue weighted by molar-refractivity contribution is -0.115. The Morgan fingerprint density at radius 3 is 2.81 bits per heavy atom. The molecule has 0 aromatic heterocycles. The molecule has 6 nitrogen and oxygen atoms in total. The van der Waals surface area contributed by atoms with Crippen LogP contribution in [0.4, 0.5) is 5.69 Å². The second-order valence-electron chi connectivity index (χ2n) is 5.31. The topological polar surface area (TPSA) is 80.2 Å². The fourth-order valence-corrected chi connectivity index (χ4v) is 3.19. The highest BCUT2D eigenvalue weighted by Crippen LogP contribution is 2.33. The van der Waals surface area contributed by atoms with E-state index in [0.717, 1.165) is 5.56 Å². The number of nitrogens with one attached hydrogen (secondary N) is 1. The smallest absolute Gasteiger partial charge is 0.264 e. The molecule has 0 aliphatic carbocycles. The zero-order valence-electron chi connectivity index (χ0n) is 14.4. The number of aromatic hydroxyl groups is 1. The molecule has 0 spiro atoms. The van der Waals surface area contributed by atoms with Gasteiger partial charge in [0.05, 0.1) is 18.6 Å². The van der Waals surface area contributed by atoms with Crippen LogP contribution in [0.3, 0.4) is 0 Å². The van der Waals surface area contributed by atoms with E-state index in [9.17, 15) is 9.90 Å². The Labute approximate surface area is 155 Å². The first-order valence-corrected chi connectivity index (χ1v) is 8.80. The minimum absolute atomic E-state index is 0.0657. The number of para-hydroxylation sites is 2. The summed E-state index contributed by atoms with van der Waals surface area (Å²) in [4.78, 5) is 17.2. The molecule has 0 saturated carbocycles. The molecular weight excluding hydrogens is 352 g/mol. The lowest BCUT2D eigenvalue weighted by Gasteiger charge is -2.06. The van der Waals surface area contributed by atoms with Crippen molar-refractivity contribution in [2.75, 3.05) is 13.7 Å². The van der Waals surface area contributed by atoms with Crippen molar-refractivity contribution < 1.29 is 19.4 Å². The van der Waals surface area contributed by atoms with Crippen LogP contribution < -0.4 is 14.8 Å². The van der Waals surface area contributed by atoms with E-state index < -0.39 is 0 Å². The van der Waals surface area contributed by atoms with Gasteiger partial charge in [-0.1, -0.05) is 18.2 Å². The van der Waals surface area contributed by atoms with E-state index in [1.54, 1.807) is 31.4 Å². The number of hydrogen-bond acceptors (Lipinski definition) is 6. The summed E-state index contributed by atoms with van der Waals surface area (Å²) in [5.41, 5.74) is 1.39. The van der Waals surface area contributed by atoms with Gasteiger partial charge in [-0.15, -0.1) is 0 Å². The Balaban J connectivity index is 1.85. The summed E-state index contributed by atoms with van der Waals surface area (Å²) < 4.78 is 10.6. The number of aliphatic imine (C=N–C) groups is 1. The van der Waals surface area contributed by atoms with Gasteiger partial charge in [-0.3, -0.25) is 4.79 Å². The molecule has 1 aliphatic rings. The summed E-state index contributed by atoms with van der Waals surface area (Å²) in [7, 11) is 1.57. The largest absolute Gasteiger partial charge is 0.504 e. The lowest BCUT2D eigenvalue weighted by Crippen LogP contribution is -2.19. The summed E-state index contributed by atoms with van der Waals surface area (Å²) in [6.45, 7) is 2.28. The van der Waals surface area contributed by atoms with E-state index in [1.165, 1.54) is 11.8 Å². The van der Waals surface area contributed by atoms with E-state index in [0.29, 0.717) is 33.9 Å². The number of rotatable bonds is 5. The van der Waals surface area contributed by atoms with Gasteiger partial charge in [0.1, 0.15) is 11.4 Å². The number of ether oxygens (including phenoxy) is 2. The van der Waals surface area contributed by atoms with Gasteiger partial charge in [0.25, 0.3) is 5.91 Å². The average molecular weight is 370 g/mol. The molecule has 26 heavy (non-hydrogen) atoms. The zero-order chi connectivity index (χ0) is 18.5. The third-order valence-corrected chi connectivity index (χ3v) is 4.45. The highest BCUT2D eigenvalue weighted by Gasteiger charge is 2.24. The minimum Gasteiger partial charge on any atom is -0.504 e. The number of thioether (sulfide) groups is 1. The van der Waals surface area contributed by atoms with Crippen molar-refractivity contribution in [3.8, 4) is 17.2 Å². The van der Waals surface area contributed by atoms with E-state index in [1.807, 2.05) is 31.2 Å². The molecule has 134 valence electrons. The number of carbonyl (C=O) groups excluding carboxylic acids is 1. The Morgan fingerprint density at radius 2 is 2.04 bits per heavy atom. The Hall–Kier alpha value is -2.93. The van der Waals surface area contributed by atoms with Crippen molar-refractivity contribution in [2.24, 2.45) is 4.99 Å². The molecule has 0 bridgehead atoms. The second-order valence-corrected chi connectivity index (χ2v) is 6.34. The van der Waals surface area contributed by atoms with Crippen LogP contribution in [0.5, 0.6) is 17.2 Å². The second kappa shape index (κ2) is 7.97. The molecule has 2 N–H and O–H groups in total. The van der Waals surface area contributed by atoms with E-state index in [-0.39, 0.29) is 11.7 Å². The van der Waals surface area contributed by atoms with Crippen molar-refractivity contribution in [1.29, 1.82) is 0 Å². The van der Waals surface area contributed by atoms with Crippen LogP contribution in [0.25, 0.3) is 6.08 Å². The summed E-state index contributed by atoms with van der Waals surface area (Å²) in [6.07, 6.45) is 1.73. The van der Waals surface area contributed by atoms with Crippen LogP contribution in [-0.2, 0) is 4.79 Å². The quantitative estimate of drug-likeness (QED) is 0.785. The van der Waals surface area contributed by atoms with Crippen molar-refractivity contribution in [1.82, 2.24) is 5.32 Å². The fraction of sp³-hybridized carbons (Fsp3) is 0.158. The van der Waals surface area contributed by atoms with Crippen molar-refractivity contribution >= 4 is 34.6 Å². The molecular formula is C19H18N2O4S. The van der Waals surface area contributed by atoms with Crippen molar-refractivity contribution in [2.45, 2.75) is 6.92 Å². The molecule has 1 amide bonds. The normalized spacial score (nSPS) is 16.8. The fourth-order valence-electron chi connectivity index (χ4n) is 2.36. The number of amides is 1. The summed E-state index contributed by atoms with van der Waals surface area (Å²) in [5, 5.41) is 13.0. The highest BCUT2D eigenvalue weighted by molar-refractivity contribution is 8.18. The van der Waals surface area contributed by atoms with Gasteiger partial charge in [0, 0.05) is 0 Å². The number of hydrogen-bond donors (Lipinski definition) is 2. The van der Waals surface area contributed by atoms with Gasteiger partial charge < -0.3 is 19.9 Å². The molecule has 0 radical (unpaired) electrons. The molecule has 1 heterocycles. The molecule has 2 aromatic rings. The molecule has 1 saturated heterocycles. The van der Waals surface area contributed by atoms with Crippen LogP contribution in [0.2, 0.25) is 0 Å². The number of nitrogens with zero attached hydrogens (tertiary/aromatic N) is 1. The van der Waals surface area contributed by atoms with Crippen LogP contribution in [-0.4, -0.2) is 29.9 Å². The standard InChI is InChI=1S/C19H18N2O4S/c1-3-25-16-10-12(8-9-14(16)22)11-17-18(23)21-19(26-17)20-13-6-4-5-7-15(13)24-2/h4-11,22H,3H2,1-2H3,(H,20,21,23)/b17-11-. The number of methoxy groups -OCH3 is 1. The SMILES string of the molecule is CCOc1cc(/C=C2\SC(=Nc3ccccc3OC)NC2=O)ccc1O. The maximum absolute atomic E-state index is 12.2. The molecule has 2 aromatic carbocycles. The zero-order valence-corrected chi connectivity index (χ0v) is 15.2. The van der Waals surface area contributed by atoms with Gasteiger partial charge in [0.15, 0.2) is 16.7 Å². The van der Waals surface area contributed by atoms with Gasteiger partial charge in [-0.25, -0.2) is 4.99 Å². The molecule has 0 atom stereocenters. The van der Waals surface area contributed by atoms with Gasteiger partial charge >= 0.3 is 0 Å². The van der Waals surface area contributed by atoms with Crippen molar-refractivity contribution in [3.05, 3.63) is 52.9 Å². The molecule has 3 rings (SSSR count). The predicted molar refractivity (Wildman–Crippen MR) is 103 cm³/mol. The summed E-state index contributed by atoms with van der Waals surface area (Å²) in [6, 6.07) is 12.3. The third kappa shape index (κ3) is 4.00. The Morgan fingerprint density at radius 1 is 1.23 bits per heavy atom. The summed E-state index contributed by atoms with van der Waals surface area (Å²) >= 11 is 1.24. The monoisotopic (exact) mass is 370 g/mol. The van der Waals surface area contributed by atoms with E-state index in [2.05, 4.69) is 10.3 Å². The number of phenols is 1. The molecule has 1 aliphatic heterocycles.